The number of rotatable bonds is 4. The Labute approximate surface area is 108 Å². The number of aromatic nitrogens is 2. The van der Waals surface area contributed by atoms with E-state index in [9.17, 15) is 0 Å². The topological polar surface area (TPSA) is 41.0 Å². The molecule has 4 heteroatoms. The van der Waals surface area contributed by atoms with Crippen LogP contribution in [0.5, 0.6) is 0 Å². The molecule has 0 saturated carbocycles. The first-order valence-corrected chi connectivity index (χ1v) is 5.95. The summed E-state index contributed by atoms with van der Waals surface area (Å²) in [5.74, 6) is 1.74. The Morgan fingerprint density at radius 3 is 2.56 bits per heavy atom. The summed E-state index contributed by atoms with van der Waals surface area (Å²) in [4.78, 5) is 10.5. The van der Waals surface area contributed by atoms with Gasteiger partial charge in [0.2, 0.25) is 0 Å². The lowest BCUT2D eigenvalue weighted by Gasteiger charge is -2.18. The van der Waals surface area contributed by atoms with E-state index in [1.807, 2.05) is 20.2 Å². The molecular weight excluding hydrogens is 224 g/mol. The van der Waals surface area contributed by atoms with Crippen molar-refractivity contribution >= 4 is 11.6 Å². The molecule has 0 saturated heterocycles. The van der Waals surface area contributed by atoms with Gasteiger partial charge in [0.25, 0.3) is 0 Å². The summed E-state index contributed by atoms with van der Waals surface area (Å²) in [7, 11) is 3.88. The van der Waals surface area contributed by atoms with Crippen molar-refractivity contribution in [1.82, 2.24) is 9.97 Å². The zero-order valence-electron chi connectivity index (χ0n) is 11.0. The maximum absolute atomic E-state index is 4.28. The zero-order valence-corrected chi connectivity index (χ0v) is 11.0. The Balaban J connectivity index is 2.11. The van der Waals surface area contributed by atoms with E-state index in [4.69, 9.17) is 0 Å². The van der Waals surface area contributed by atoms with Gasteiger partial charge in [-0.05, 0) is 12.5 Å². The Hall–Kier alpha value is -2.10. The molecule has 0 aliphatic rings. The van der Waals surface area contributed by atoms with Gasteiger partial charge in [-0.3, -0.25) is 0 Å². The first-order chi connectivity index (χ1) is 8.69. The molecule has 0 radical (unpaired) electrons. The van der Waals surface area contributed by atoms with Crippen LogP contribution in [-0.4, -0.2) is 24.1 Å². The fourth-order valence-electron chi connectivity index (χ4n) is 1.74. The lowest BCUT2D eigenvalue weighted by molar-refractivity contribution is 0.891. The summed E-state index contributed by atoms with van der Waals surface area (Å²) in [5.41, 5.74) is 2.55. The van der Waals surface area contributed by atoms with Crippen molar-refractivity contribution in [3.63, 3.8) is 0 Å². The van der Waals surface area contributed by atoms with E-state index < -0.39 is 0 Å². The molecule has 1 aromatic carbocycles. The zero-order chi connectivity index (χ0) is 13.0. The first-order valence-electron chi connectivity index (χ1n) is 5.95. The largest absolute Gasteiger partial charge is 0.373 e. The molecule has 0 aliphatic carbocycles. The lowest BCUT2D eigenvalue weighted by Crippen LogP contribution is -2.18. The van der Waals surface area contributed by atoms with E-state index in [1.165, 1.54) is 11.1 Å². The molecule has 0 aliphatic heterocycles. The van der Waals surface area contributed by atoms with Gasteiger partial charge in [0.05, 0.1) is 0 Å². The van der Waals surface area contributed by atoms with Gasteiger partial charge in [0, 0.05) is 26.7 Å². The molecule has 2 aromatic rings. The van der Waals surface area contributed by atoms with Crippen molar-refractivity contribution < 1.29 is 0 Å². The number of hydrogen-bond donors (Lipinski definition) is 1. The van der Waals surface area contributed by atoms with Crippen molar-refractivity contribution in [2.24, 2.45) is 0 Å². The highest BCUT2D eigenvalue weighted by atomic mass is 15.2. The van der Waals surface area contributed by atoms with E-state index in [1.54, 1.807) is 6.33 Å². The highest BCUT2D eigenvalue weighted by Gasteiger charge is 2.04. The average Bonchev–Trinajstić information content (AvgIpc) is 2.41. The molecule has 2 rings (SSSR count). The van der Waals surface area contributed by atoms with Crippen LogP contribution in [0.15, 0.2) is 36.7 Å². The van der Waals surface area contributed by atoms with E-state index in [0.717, 1.165) is 18.2 Å². The van der Waals surface area contributed by atoms with Crippen LogP contribution in [0, 0.1) is 6.92 Å². The third kappa shape index (κ3) is 2.97. The molecule has 4 nitrogen and oxygen atoms in total. The summed E-state index contributed by atoms with van der Waals surface area (Å²) in [5, 5.41) is 3.02. The predicted molar refractivity (Wildman–Crippen MR) is 74.9 cm³/mol. The molecular formula is C14H18N4. The Bertz CT molecular complexity index is 507. The molecule has 0 spiro atoms. The van der Waals surface area contributed by atoms with Gasteiger partial charge < -0.3 is 10.2 Å². The van der Waals surface area contributed by atoms with Crippen molar-refractivity contribution in [2.45, 2.75) is 13.5 Å². The first kappa shape index (κ1) is 12.4. The minimum atomic E-state index is 0.829. The van der Waals surface area contributed by atoms with E-state index >= 15 is 0 Å². The second kappa shape index (κ2) is 5.49. The second-order valence-corrected chi connectivity index (χ2v) is 4.35. The highest BCUT2D eigenvalue weighted by molar-refractivity contribution is 5.47. The summed E-state index contributed by atoms with van der Waals surface area (Å²) in [6.45, 7) is 2.93. The van der Waals surface area contributed by atoms with Gasteiger partial charge in [-0.25, -0.2) is 9.97 Å². The monoisotopic (exact) mass is 242 g/mol. The Kier molecular flexibility index (Phi) is 3.77. The van der Waals surface area contributed by atoms with Gasteiger partial charge in [0.1, 0.15) is 18.0 Å². The molecule has 18 heavy (non-hydrogen) atoms. The van der Waals surface area contributed by atoms with Crippen molar-refractivity contribution in [2.75, 3.05) is 24.3 Å². The second-order valence-electron chi connectivity index (χ2n) is 4.35. The lowest BCUT2D eigenvalue weighted by atomic mass is 10.1. The molecule has 0 bridgehead atoms. The molecule has 1 aromatic heterocycles. The van der Waals surface area contributed by atoms with Crippen LogP contribution in [0.3, 0.4) is 0 Å². The average molecular weight is 242 g/mol. The van der Waals surface area contributed by atoms with Gasteiger partial charge >= 0.3 is 0 Å². The third-order valence-corrected chi connectivity index (χ3v) is 2.84. The smallest absolute Gasteiger partial charge is 0.134 e. The fraction of sp³-hybridized carbons (Fsp3) is 0.286. The van der Waals surface area contributed by atoms with E-state index in [-0.39, 0.29) is 0 Å². The summed E-state index contributed by atoms with van der Waals surface area (Å²) in [6, 6.07) is 10.5. The van der Waals surface area contributed by atoms with Crippen molar-refractivity contribution in [1.29, 1.82) is 0 Å². The summed E-state index contributed by atoms with van der Waals surface area (Å²) >= 11 is 0. The molecule has 0 amide bonds. The van der Waals surface area contributed by atoms with Crippen LogP contribution >= 0.6 is 0 Å². The Morgan fingerprint density at radius 1 is 1.17 bits per heavy atom. The number of benzene rings is 1. The molecule has 94 valence electrons. The van der Waals surface area contributed by atoms with Gasteiger partial charge in [-0.2, -0.15) is 0 Å². The maximum Gasteiger partial charge on any atom is 0.134 e. The quantitative estimate of drug-likeness (QED) is 0.894. The van der Waals surface area contributed by atoms with Crippen LogP contribution in [0.25, 0.3) is 0 Å². The number of nitrogens with zero attached hydrogens (tertiary/aromatic N) is 3. The normalized spacial score (nSPS) is 10.2. The van der Waals surface area contributed by atoms with Crippen LogP contribution in [0.2, 0.25) is 0 Å². The van der Waals surface area contributed by atoms with E-state index in [2.05, 4.69) is 51.4 Å². The van der Waals surface area contributed by atoms with Crippen LogP contribution < -0.4 is 10.2 Å². The maximum atomic E-state index is 4.28. The summed E-state index contributed by atoms with van der Waals surface area (Å²) in [6.07, 6.45) is 1.58. The standard InChI is InChI=1S/C14H18N4/c1-11-4-6-12(7-5-11)9-18(3)14-8-13(15-2)16-10-17-14/h4-8,10H,9H2,1-3H3,(H,15,16,17). The van der Waals surface area contributed by atoms with Gasteiger partial charge in [0.15, 0.2) is 0 Å². The third-order valence-electron chi connectivity index (χ3n) is 2.84. The Morgan fingerprint density at radius 2 is 1.89 bits per heavy atom. The molecule has 0 atom stereocenters. The van der Waals surface area contributed by atoms with Gasteiger partial charge in [-0.15, -0.1) is 0 Å². The summed E-state index contributed by atoms with van der Waals surface area (Å²) < 4.78 is 0. The number of anilines is 2. The molecule has 0 fully saturated rings. The number of nitrogens with one attached hydrogen (secondary N) is 1. The van der Waals surface area contributed by atoms with Crippen LogP contribution in [-0.2, 0) is 6.54 Å². The molecule has 1 N–H and O–H groups in total. The highest BCUT2D eigenvalue weighted by Crippen LogP contribution is 2.15. The van der Waals surface area contributed by atoms with Gasteiger partial charge in [-0.1, -0.05) is 29.8 Å². The van der Waals surface area contributed by atoms with Crippen molar-refractivity contribution in [3.05, 3.63) is 47.8 Å². The molecule has 0 unspecified atom stereocenters. The SMILES string of the molecule is CNc1cc(N(C)Cc2ccc(C)cc2)ncn1. The number of hydrogen-bond acceptors (Lipinski definition) is 4. The predicted octanol–water partition coefficient (Wildman–Crippen LogP) is 2.46. The number of aryl methyl sites for hydroxylation is 1. The van der Waals surface area contributed by atoms with Crippen LogP contribution in [0.4, 0.5) is 11.6 Å². The fourth-order valence-corrected chi connectivity index (χ4v) is 1.74. The minimum Gasteiger partial charge on any atom is -0.373 e. The minimum absolute atomic E-state index is 0.829. The molecule has 1 heterocycles. The van der Waals surface area contributed by atoms with Crippen LogP contribution in [0.1, 0.15) is 11.1 Å². The van der Waals surface area contributed by atoms with Crippen molar-refractivity contribution in [3.8, 4) is 0 Å². The van der Waals surface area contributed by atoms with E-state index in [0.29, 0.717) is 0 Å².